The Bertz CT molecular complexity index is 1180. The second-order valence-electron chi connectivity index (χ2n) is 8.19. The van der Waals surface area contributed by atoms with Crippen molar-refractivity contribution in [3.8, 4) is 11.5 Å². The smallest absolute Gasteiger partial charge is 0.403 e. The van der Waals surface area contributed by atoms with Crippen molar-refractivity contribution < 1.29 is 31.5 Å². The molecule has 0 atom stereocenters. The van der Waals surface area contributed by atoms with E-state index in [4.69, 9.17) is 9.15 Å². The van der Waals surface area contributed by atoms with Crippen LogP contribution in [-0.2, 0) is 10.9 Å². The summed E-state index contributed by atoms with van der Waals surface area (Å²) in [4.78, 5) is 14.6. The maximum Gasteiger partial charge on any atom is 0.417 e. The van der Waals surface area contributed by atoms with E-state index in [1.807, 2.05) is 0 Å². The molecule has 1 aliphatic rings. The average Bonchev–Trinajstić information content (AvgIpc) is 3.33. The number of aromatic nitrogens is 2. The number of amides is 1. The van der Waals surface area contributed by atoms with Crippen molar-refractivity contribution in [1.82, 2.24) is 15.1 Å². The lowest BCUT2D eigenvalue weighted by Crippen LogP contribution is -2.36. The lowest BCUT2D eigenvalue weighted by molar-refractivity contribution is -0.137. The van der Waals surface area contributed by atoms with Gasteiger partial charge in [0.05, 0.1) is 29.9 Å². The number of halogens is 4. The second kappa shape index (κ2) is 11.5. The summed E-state index contributed by atoms with van der Waals surface area (Å²) in [5.41, 5.74) is -1.85. The quantitative estimate of drug-likeness (QED) is 0.321. The Morgan fingerprint density at radius 1 is 1.06 bits per heavy atom. The molecule has 1 saturated heterocycles. The monoisotopic (exact) mass is 507 g/mol. The Morgan fingerprint density at radius 2 is 1.83 bits per heavy atom. The molecule has 192 valence electrons. The number of alkyl halides is 3. The highest BCUT2D eigenvalue weighted by molar-refractivity contribution is 6.04. The number of hydrogen-bond acceptors (Lipinski definition) is 7. The number of nitrogens with zero attached hydrogens (tertiary/aromatic N) is 3. The normalized spacial score (nSPS) is 14.6. The zero-order valence-electron chi connectivity index (χ0n) is 19.3. The van der Waals surface area contributed by atoms with E-state index in [0.29, 0.717) is 6.54 Å². The van der Waals surface area contributed by atoms with Gasteiger partial charge in [-0.15, -0.1) is 5.10 Å². The first-order chi connectivity index (χ1) is 17.3. The van der Waals surface area contributed by atoms with Gasteiger partial charge in [0, 0.05) is 25.3 Å². The third-order valence-corrected chi connectivity index (χ3v) is 5.64. The third kappa shape index (κ3) is 6.58. The number of ether oxygens (including phenoxy) is 1. The lowest BCUT2D eigenvalue weighted by Gasteiger charge is -2.26. The molecular weight excluding hydrogens is 482 g/mol. The summed E-state index contributed by atoms with van der Waals surface area (Å²) in [6, 6.07) is 8.32. The molecule has 0 bridgehead atoms. The largest absolute Gasteiger partial charge is 0.417 e. The molecule has 0 saturated carbocycles. The fourth-order valence-electron chi connectivity index (χ4n) is 3.77. The predicted molar refractivity (Wildman–Crippen MR) is 124 cm³/mol. The summed E-state index contributed by atoms with van der Waals surface area (Å²) in [6.45, 7) is 4.76. The first kappa shape index (κ1) is 25.6. The van der Waals surface area contributed by atoms with Gasteiger partial charge in [-0.1, -0.05) is 17.2 Å². The Kier molecular flexibility index (Phi) is 8.16. The van der Waals surface area contributed by atoms with E-state index in [0.717, 1.165) is 63.9 Å². The Labute approximate surface area is 204 Å². The van der Waals surface area contributed by atoms with Gasteiger partial charge in [-0.25, -0.2) is 4.39 Å². The molecule has 1 aromatic heterocycles. The van der Waals surface area contributed by atoms with E-state index in [2.05, 4.69) is 25.7 Å². The minimum absolute atomic E-state index is 0.0152. The average molecular weight is 507 g/mol. The standard InChI is InChI=1S/C24H25F4N5O3/c25-20-6-2-1-5-18(20)21(34)30-16-7-8-17(19(15-16)24(26,27)28)22-31-32-23(36-22)29-9-3-4-10-33-11-13-35-14-12-33/h1-2,5-8,15H,3-4,9-14H2,(H,29,32)(H,30,34). The van der Waals surface area contributed by atoms with Gasteiger partial charge in [-0.2, -0.15) is 13.2 Å². The third-order valence-electron chi connectivity index (χ3n) is 5.64. The highest BCUT2D eigenvalue weighted by Crippen LogP contribution is 2.38. The molecule has 1 fully saturated rings. The SMILES string of the molecule is O=C(Nc1ccc(-c2nnc(NCCCCN3CCOCC3)o2)c(C(F)(F)F)c1)c1ccccc1F. The van der Waals surface area contributed by atoms with E-state index in [1.165, 1.54) is 24.3 Å². The van der Waals surface area contributed by atoms with Crippen LogP contribution in [0.25, 0.3) is 11.5 Å². The molecule has 1 amide bonds. The number of nitrogens with one attached hydrogen (secondary N) is 2. The van der Waals surface area contributed by atoms with Crippen LogP contribution in [0, 0.1) is 5.82 Å². The van der Waals surface area contributed by atoms with E-state index in [9.17, 15) is 22.4 Å². The van der Waals surface area contributed by atoms with Gasteiger partial charge in [-0.05, 0) is 49.7 Å². The molecule has 36 heavy (non-hydrogen) atoms. The molecular formula is C24H25F4N5O3. The summed E-state index contributed by atoms with van der Waals surface area (Å²) in [7, 11) is 0. The molecule has 8 nitrogen and oxygen atoms in total. The number of anilines is 2. The van der Waals surface area contributed by atoms with E-state index in [1.54, 1.807) is 0 Å². The molecule has 3 aromatic rings. The number of carbonyl (C=O) groups is 1. The molecule has 4 rings (SSSR count). The van der Waals surface area contributed by atoms with Crippen molar-refractivity contribution >= 4 is 17.6 Å². The van der Waals surface area contributed by atoms with Crippen molar-refractivity contribution in [3.05, 3.63) is 59.4 Å². The van der Waals surface area contributed by atoms with Crippen LogP contribution in [0.5, 0.6) is 0 Å². The molecule has 2 heterocycles. The fraction of sp³-hybridized carbons (Fsp3) is 0.375. The number of rotatable bonds is 9. The minimum atomic E-state index is -4.77. The molecule has 0 unspecified atom stereocenters. The number of unbranched alkanes of at least 4 members (excludes halogenated alkanes) is 1. The summed E-state index contributed by atoms with van der Waals surface area (Å²) in [5.74, 6) is -1.97. The van der Waals surface area contributed by atoms with Crippen molar-refractivity contribution in [2.24, 2.45) is 0 Å². The predicted octanol–water partition coefficient (Wildman–Crippen LogP) is 4.67. The van der Waals surface area contributed by atoms with Crippen LogP contribution < -0.4 is 10.6 Å². The van der Waals surface area contributed by atoms with Gasteiger partial charge in [0.2, 0.25) is 5.89 Å². The maximum atomic E-state index is 13.8. The number of carbonyl (C=O) groups excluding carboxylic acids is 1. The molecule has 0 radical (unpaired) electrons. The van der Waals surface area contributed by atoms with Gasteiger partial charge in [0.15, 0.2) is 0 Å². The maximum absolute atomic E-state index is 13.8. The van der Waals surface area contributed by atoms with Crippen LogP contribution in [0.3, 0.4) is 0 Å². The van der Waals surface area contributed by atoms with Crippen molar-refractivity contribution in [1.29, 1.82) is 0 Å². The molecule has 2 N–H and O–H groups in total. The van der Waals surface area contributed by atoms with E-state index >= 15 is 0 Å². The zero-order chi connectivity index (χ0) is 25.5. The van der Waals surface area contributed by atoms with E-state index < -0.39 is 23.5 Å². The summed E-state index contributed by atoms with van der Waals surface area (Å²) < 4.78 is 65.9. The molecule has 12 heteroatoms. The molecule has 1 aliphatic heterocycles. The summed E-state index contributed by atoms with van der Waals surface area (Å²) in [5, 5.41) is 12.8. The summed E-state index contributed by atoms with van der Waals surface area (Å²) in [6.07, 6.45) is -3.01. The van der Waals surface area contributed by atoms with Gasteiger partial charge in [-0.3, -0.25) is 9.69 Å². The molecule has 0 spiro atoms. The van der Waals surface area contributed by atoms with Crippen LogP contribution in [-0.4, -0.2) is 60.4 Å². The van der Waals surface area contributed by atoms with Crippen molar-refractivity contribution in [2.45, 2.75) is 19.0 Å². The number of hydrogen-bond donors (Lipinski definition) is 2. The molecule has 0 aliphatic carbocycles. The lowest BCUT2D eigenvalue weighted by atomic mass is 10.1. The second-order valence-corrected chi connectivity index (χ2v) is 8.19. The van der Waals surface area contributed by atoms with Crippen molar-refractivity contribution in [2.75, 3.05) is 50.0 Å². The van der Waals surface area contributed by atoms with Crippen LogP contribution >= 0.6 is 0 Å². The highest BCUT2D eigenvalue weighted by atomic mass is 19.4. The van der Waals surface area contributed by atoms with Crippen LogP contribution in [0.2, 0.25) is 0 Å². The van der Waals surface area contributed by atoms with Crippen LogP contribution in [0.1, 0.15) is 28.8 Å². The Morgan fingerprint density at radius 3 is 2.58 bits per heavy atom. The fourth-order valence-corrected chi connectivity index (χ4v) is 3.77. The van der Waals surface area contributed by atoms with Crippen LogP contribution in [0.15, 0.2) is 46.9 Å². The minimum Gasteiger partial charge on any atom is -0.403 e. The zero-order valence-corrected chi connectivity index (χ0v) is 19.3. The van der Waals surface area contributed by atoms with Crippen molar-refractivity contribution in [3.63, 3.8) is 0 Å². The Balaban J connectivity index is 1.39. The number of morpholine rings is 1. The molecule has 2 aromatic carbocycles. The van der Waals surface area contributed by atoms with Gasteiger partial charge in [0.25, 0.3) is 5.91 Å². The topological polar surface area (TPSA) is 92.5 Å². The number of benzene rings is 2. The Hall–Kier alpha value is -3.51. The summed E-state index contributed by atoms with van der Waals surface area (Å²) >= 11 is 0. The first-order valence-corrected chi connectivity index (χ1v) is 11.5. The van der Waals surface area contributed by atoms with Gasteiger partial charge in [0.1, 0.15) is 5.82 Å². The van der Waals surface area contributed by atoms with Gasteiger partial charge < -0.3 is 19.8 Å². The first-order valence-electron chi connectivity index (χ1n) is 11.5. The van der Waals surface area contributed by atoms with Gasteiger partial charge >= 0.3 is 12.2 Å². The van der Waals surface area contributed by atoms with Crippen LogP contribution in [0.4, 0.5) is 29.3 Å². The highest BCUT2D eigenvalue weighted by Gasteiger charge is 2.35. The van der Waals surface area contributed by atoms with E-state index in [-0.39, 0.29) is 28.7 Å².